The van der Waals surface area contributed by atoms with Crippen molar-refractivity contribution in [3.05, 3.63) is 64.3 Å². The standard InChI is InChI=1S/C15H13FN4S/c1-17-15-20(19-9-11-5-4-8-18-11)14(10-21-15)12-6-2-3-7-13(12)16/h2-10,18H,1H3/b17-15?,19-9+. The minimum atomic E-state index is -0.276. The Hall–Kier alpha value is -2.47. The van der Waals surface area contributed by atoms with Gasteiger partial charge in [-0.3, -0.25) is 4.99 Å². The number of aromatic nitrogens is 2. The van der Waals surface area contributed by atoms with Gasteiger partial charge in [0.25, 0.3) is 0 Å². The van der Waals surface area contributed by atoms with Crippen molar-refractivity contribution in [1.82, 2.24) is 9.66 Å². The van der Waals surface area contributed by atoms with Crippen molar-refractivity contribution in [2.75, 3.05) is 7.05 Å². The second kappa shape index (κ2) is 5.88. The molecule has 0 bridgehead atoms. The van der Waals surface area contributed by atoms with Gasteiger partial charge in [-0.2, -0.15) is 5.10 Å². The monoisotopic (exact) mass is 300 g/mol. The third-order valence-electron chi connectivity index (χ3n) is 2.96. The molecule has 6 heteroatoms. The van der Waals surface area contributed by atoms with Crippen LogP contribution in [0.5, 0.6) is 0 Å². The number of nitrogens with zero attached hydrogens (tertiary/aromatic N) is 3. The number of benzene rings is 1. The van der Waals surface area contributed by atoms with Gasteiger partial charge in [-0.25, -0.2) is 9.07 Å². The molecule has 0 aliphatic rings. The quantitative estimate of drug-likeness (QED) is 0.723. The number of rotatable bonds is 3. The van der Waals surface area contributed by atoms with Gasteiger partial charge in [-0.15, -0.1) is 11.3 Å². The lowest BCUT2D eigenvalue weighted by Gasteiger charge is -2.04. The Kier molecular flexibility index (Phi) is 3.79. The Bertz CT molecular complexity index is 827. The van der Waals surface area contributed by atoms with Gasteiger partial charge in [0.2, 0.25) is 4.80 Å². The predicted molar refractivity (Wildman–Crippen MR) is 83.0 cm³/mol. The largest absolute Gasteiger partial charge is 0.360 e. The smallest absolute Gasteiger partial charge is 0.205 e. The lowest BCUT2D eigenvalue weighted by atomic mass is 10.1. The van der Waals surface area contributed by atoms with E-state index in [9.17, 15) is 4.39 Å². The summed E-state index contributed by atoms with van der Waals surface area (Å²) in [4.78, 5) is 7.93. The molecule has 0 saturated carbocycles. The Morgan fingerprint density at radius 2 is 2.10 bits per heavy atom. The van der Waals surface area contributed by atoms with Crippen molar-refractivity contribution in [3.63, 3.8) is 0 Å². The maximum Gasteiger partial charge on any atom is 0.205 e. The molecule has 3 aromatic rings. The molecule has 0 fully saturated rings. The topological polar surface area (TPSA) is 45.4 Å². The number of H-pyrrole nitrogens is 1. The molecule has 0 aliphatic heterocycles. The second-order valence-corrected chi connectivity index (χ2v) is 5.13. The molecule has 0 spiro atoms. The van der Waals surface area contributed by atoms with Gasteiger partial charge >= 0.3 is 0 Å². The summed E-state index contributed by atoms with van der Waals surface area (Å²) in [6.45, 7) is 0. The van der Waals surface area contributed by atoms with Crippen LogP contribution < -0.4 is 4.80 Å². The zero-order valence-electron chi connectivity index (χ0n) is 11.3. The summed E-state index contributed by atoms with van der Waals surface area (Å²) in [6.07, 6.45) is 3.51. The first-order valence-corrected chi connectivity index (χ1v) is 7.23. The molecular formula is C15H13FN4S. The Balaban J connectivity index is 2.11. The molecule has 106 valence electrons. The molecule has 4 nitrogen and oxygen atoms in total. The zero-order valence-corrected chi connectivity index (χ0v) is 12.1. The van der Waals surface area contributed by atoms with Crippen LogP contribution in [0.4, 0.5) is 4.39 Å². The minimum Gasteiger partial charge on any atom is -0.360 e. The van der Waals surface area contributed by atoms with E-state index in [2.05, 4.69) is 15.1 Å². The van der Waals surface area contributed by atoms with Crippen LogP contribution in [0.2, 0.25) is 0 Å². The van der Waals surface area contributed by atoms with Crippen molar-refractivity contribution in [2.24, 2.45) is 10.1 Å². The van der Waals surface area contributed by atoms with Crippen LogP contribution in [0, 0.1) is 5.82 Å². The highest BCUT2D eigenvalue weighted by atomic mass is 32.1. The predicted octanol–water partition coefficient (Wildman–Crippen LogP) is 3.10. The average Bonchev–Trinajstić information content (AvgIpc) is 3.14. The van der Waals surface area contributed by atoms with Crippen molar-refractivity contribution >= 4 is 17.6 Å². The highest BCUT2D eigenvalue weighted by Crippen LogP contribution is 2.23. The summed E-state index contributed by atoms with van der Waals surface area (Å²) in [5, 5.41) is 6.26. The number of thiazole rings is 1. The molecule has 1 N–H and O–H groups in total. The van der Waals surface area contributed by atoms with E-state index >= 15 is 0 Å². The van der Waals surface area contributed by atoms with E-state index in [1.165, 1.54) is 17.4 Å². The fraction of sp³-hybridized carbons (Fsp3) is 0.0667. The van der Waals surface area contributed by atoms with Gasteiger partial charge in [0, 0.05) is 24.2 Å². The third kappa shape index (κ3) is 2.71. The molecule has 1 aromatic carbocycles. The number of halogens is 1. The lowest BCUT2D eigenvalue weighted by molar-refractivity contribution is 0.629. The highest BCUT2D eigenvalue weighted by molar-refractivity contribution is 7.07. The Morgan fingerprint density at radius 1 is 1.24 bits per heavy atom. The minimum absolute atomic E-state index is 0.276. The number of aromatic amines is 1. The maximum atomic E-state index is 14.0. The fourth-order valence-electron chi connectivity index (χ4n) is 1.96. The first kappa shape index (κ1) is 13.5. The summed E-state index contributed by atoms with van der Waals surface area (Å²) >= 11 is 1.42. The molecule has 3 rings (SSSR count). The third-order valence-corrected chi connectivity index (χ3v) is 3.87. The Morgan fingerprint density at radius 3 is 2.81 bits per heavy atom. The van der Waals surface area contributed by atoms with Crippen LogP contribution in [-0.2, 0) is 0 Å². The first-order chi connectivity index (χ1) is 10.3. The summed E-state index contributed by atoms with van der Waals surface area (Å²) in [6, 6.07) is 10.4. The molecule has 0 unspecified atom stereocenters. The summed E-state index contributed by atoms with van der Waals surface area (Å²) < 4.78 is 15.6. The van der Waals surface area contributed by atoms with E-state index in [1.807, 2.05) is 23.7 Å². The van der Waals surface area contributed by atoms with Crippen molar-refractivity contribution in [1.29, 1.82) is 0 Å². The molecule has 0 atom stereocenters. The van der Waals surface area contributed by atoms with Gasteiger partial charge in [0.1, 0.15) is 5.82 Å². The lowest BCUT2D eigenvalue weighted by Crippen LogP contribution is -2.11. The van der Waals surface area contributed by atoms with E-state index in [0.29, 0.717) is 16.1 Å². The molecular weight excluding hydrogens is 287 g/mol. The van der Waals surface area contributed by atoms with Crippen molar-refractivity contribution < 1.29 is 4.39 Å². The maximum absolute atomic E-state index is 14.0. The van der Waals surface area contributed by atoms with Gasteiger partial charge < -0.3 is 4.98 Å². The normalized spacial score (nSPS) is 12.4. The molecule has 2 aromatic heterocycles. The van der Waals surface area contributed by atoms with Gasteiger partial charge in [-0.05, 0) is 24.3 Å². The van der Waals surface area contributed by atoms with Crippen molar-refractivity contribution in [3.8, 4) is 11.3 Å². The van der Waals surface area contributed by atoms with Crippen LogP contribution in [0.3, 0.4) is 0 Å². The molecule has 0 radical (unpaired) electrons. The van der Waals surface area contributed by atoms with Crippen LogP contribution >= 0.6 is 11.3 Å². The van der Waals surface area contributed by atoms with Crippen LogP contribution in [0.25, 0.3) is 11.3 Å². The molecule has 0 saturated heterocycles. The number of nitrogens with one attached hydrogen (secondary N) is 1. The molecule has 21 heavy (non-hydrogen) atoms. The van der Waals surface area contributed by atoms with Crippen molar-refractivity contribution in [2.45, 2.75) is 0 Å². The van der Waals surface area contributed by atoms with E-state index in [4.69, 9.17) is 0 Å². The number of hydrogen-bond donors (Lipinski definition) is 1. The molecule has 0 aliphatic carbocycles. The highest BCUT2D eigenvalue weighted by Gasteiger charge is 2.10. The first-order valence-electron chi connectivity index (χ1n) is 6.35. The average molecular weight is 300 g/mol. The molecule has 0 amide bonds. The SMILES string of the molecule is CN=c1scc(-c2ccccc2F)n1/N=C/c1ccc[nH]1. The van der Waals surface area contributed by atoms with Crippen LogP contribution in [0.15, 0.2) is 58.1 Å². The van der Waals surface area contributed by atoms with Gasteiger partial charge in [0.15, 0.2) is 0 Å². The fourth-order valence-corrected chi connectivity index (χ4v) is 2.76. The summed E-state index contributed by atoms with van der Waals surface area (Å²) in [5.74, 6) is -0.276. The van der Waals surface area contributed by atoms with E-state index in [1.54, 1.807) is 36.1 Å². The second-order valence-electron chi connectivity index (χ2n) is 4.29. The van der Waals surface area contributed by atoms with Crippen LogP contribution in [0.1, 0.15) is 5.69 Å². The van der Waals surface area contributed by atoms with Gasteiger partial charge in [-0.1, -0.05) is 12.1 Å². The van der Waals surface area contributed by atoms with Crippen LogP contribution in [-0.4, -0.2) is 22.9 Å². The van der Waals surface area contributed by atoms with E-state index < -0.39 is 0 Å². The number of hydrogen-bond acceptors (Lipinski definition) is 3. The molecule has 2 heterocycles. The summed E-state index contributed by atoms with van der Waals surface area (Å²) in [7, 11) is 1.69. The Labute approximate surface area is 124 Å². The van der Waals surface area contributed by atoms with Gasteiger partial charge in [0.05, 0.1) is 17.6 Å². The van der Waals surface area contributed by atoms with E-state index in [-0.39, 0.29) is 5.82 Å². The zero-order chi connectivity index (χ0) is 14.7. The summed E-state index contributed by atoms with van der Waals surface area (Å²) in [5.41, 5.74) is 2.06. The van der Waals surface area contributed by atoms with E-state index in [0.717, 1.165) is 5.69 Å².